The Morgan fingerprint density at radius 2 is 0.224 bits per heavy atom. The van der Waals surface area contributed by atoms with Gasteiger partial charge >= 0.3 is 157 Å². The van der Waals surface area contributed by atoms with E-state index in [0.29, 0.717) is 39.3 Å². The second-order valence-electron chi connectivity index (χ2n) is 7.63. The molecule has 0 saturated heterocycles. The number of hydrogen-bond acceptors (Lipinski definition) is 30. The summed E-state index contributed by atoms with van der Waals surface area (Å²) in [6, 6.07) is 0. The average Bonchev–Trinajstić information content (AvgIpc) is 2.94. The molecule has 0 saturated carbocycles. The van der Waals surface area contributed by atoms with Crippen LogP contribution in [0.3, 0.4) is 0 Å². The third-order valence-electron chi connectivity index (χ3n) is 0.500. The monoisotopic (exact) mass is 1180 g/mol. The number of hydrogen-bond donors (Lipinski definition) is 6. The van der Waals surface area contributed by atoms with E-state index in [9.17, 15) is 0 Å². The molecule has 0 fully saturated rings. The molecule has 0 aliphatic carbocycles. The van der Waals surface area contributed by atoms with Crippen molar-refractivity contribution >= 4 is 160 Å². The fraction of sp³-hybridized carbons (Fsp3) is 0.600. The van der Waals surface area contributed by atoms with Gasteiger partial charge in [0.1, 0.15) is 0 Å². The summed E-state index contributed by atoms with van der Waals surface area (Å²) in [7, 11) is 0. The van der Waals surface area contributed by atoms with Gasteiger partial charge in [-0.1, -0.05) is 0 Å². The van der Waals surface area contributed by atoms with Gasteiger partial charge in [-0.25, -0.2) is 0 Å². The molecule has 0 aromatic rings. The summed E-state index contributed by atoms with van der Waals surface area (Å²) in [5.74, 6) is -13.0. The van der Waals surface area contributed by atoms with Crippen molar-refractivity contribution in [3.63, 3.8) is 0 Å². The van der Waals surface area contributed by atoms with E-state index < -0.39 is 71.6 Å². The van der Waals surface area contributed by atoms with Crippen LogP contribution < -0.4 is 95.7 Å². The van der Waals surface area contributed by atoms with Crippen LogP contribution >= 0.6 is 0 Å². The van der Waals surface area contributed by atoms with Crippen LogP contribution in [0.1, 0.15) is 83.1 Å². The summed E-state index contributed by atoms with van der Waals surface area (Å²) in [6.45, 7) is 15.2. The molecular weight excluding hydrogens is 1120 g/mol. The molecule has 0 rings (SSSR count). The first kappa shape index (κ1) is 144. The predicted molar refractivity (Wildman–Crippen MR) is 204 cm³/mol. The molecule has 392 valence electrons. The minimum absolute atomic E-state index is 0. The average molecular weight is 1180 g/mol. The standard InChI is InChI=1S/3C2H8N2.12C2H4O2.4Fe.3Na.3H/c3*3-1-2-4;12*1-2(3)4;;;;;;;;;;/h3*1-4H2;12*1H3,(H,3,4);;;;;;;;;;/q;;;;;;;;;;;;;;;4*+3;;;;;;/p-12. The molecule has 0 heterocycles. The Labute approximate surface area is 499 Å². The van der Waals surface area contributed by atoms with Crippen molar-refractivity contribution in [2.45, 2.75) is 83.1 Å². The quantitative estimate of drug-likeness (QED) is 0.143. The first-order valence-electron chi connectivity index (χ1n) is 14.8. The van der Waals surface area contributed by atoms with Gasteiger partial charge in [0.15, 0.2) is 0 Å². The summed E-state index contributed by atoms with van der Waals surface area (Å²) in [4.78, 5) is 107. The molecule has 0 unspecified atom stereocenters. The zero-order valence-electron chi connectivity index (χ0n) is 36.9. The van der Waals surface area contributed by atoms with Crippen LogP contribution in [0.2, 0.25) is 0 Å². The number of carbonyl (C=O) groups excluding carboxylic acids is 12. The van der Waals surface area contributed by atoms with Crippen LogP contribution in [0.5, 0.6) is 0 Å². The van der Waals surface area contributed by atoms with Crippen molar-refractivity contribution in [1.29, 1.82) is 0 Å². The number of carbonyl (C=O) groups is 12. The second kappa shape index (κ2) is 159. The first-order valence-corrected chi connectivity index (χ1v) is 14.8. The van der Waals surface area contributed by atoms with Gasteiger partial charge in [-0.05, 0) is 83.1 Å². The number of nitrogens with two attached hydrogens (primary N) is 6. The molecule has 0 bridgehead atoms. The number of carboxylic acid groups (broad SMARTS) is 12. The van der Waals surface area contributed by atoms with Gasteiger partial charge in [-0.3, -0.25) is 0 Å². The number of rotatable bonds is 3. The van der Waals surface area contributed by atoms with Crippen molar-refractivity contribution in [1.82, 2.24) is 0 Å². The Bertz CT molecular complexity index is 732. The van der Waals surface area contributed by atoms with Crippen LogP contribution in [-0.4, -0.2) is 200 Å². The molecule has 0 aromatic heterocycles. The van der Waals surface area contributed by atoms with Crippen LogP contribution in [0.4, 0.5) is 0 Å². The first-order chi connectivity index (χ1) is 26.5. The van der Waals surface area contributed by atoms with Gasteiger partial charge in [-0.15, -0.1) is 0 Å². The second-order valence-corrected chi connectivity index (χ2v) is 7.63. The SMILES string of the molecule is CC(=O)[O-].CC(=O)[O-].CC(=O)[O-].CC(=O)[O-].CC(=O)[O-].CC(=O)[O-].CC(=O)[O-].CC(=O)[O-].CC(=O)[O-].CC(=O)[O-].CC(=O)[O-].CC(=O)[O-].NCCN.NCCN.NCCN.[Fe+3].[Fe+3].[Fe+3].[Fe+3].[NaH].[NaH].[NaH]. The Balaban J connectivity index is -0.0000000161. The maximum absolute atomic E-state index is 8.89. The van der Waals surface area contributed by atoms with Gasteiger partial charge in [0.25, 0.3) is 0 Å². The van der Waals surface area contributed by atoms with Crippen molar-refractivity contribution in [2.24, 2.45) is 34.4 Å². The van der Waals surface area contributed by atoms with Gasteiger partial charge in [-0.2, -0.15) is 0 Å². The molecule has 67 heavy (non-hydrogen) atoms. The molecule has 12 N–H and O–H groups in total. The van der Waals surface area contributed by atoms with E-state index in [4.69, 9.17) is 153 Å². The van der Waals surface area contributed by atoms with Crippen LogP contribution in [0.25, 0.3) is 0 Å². The summed E-state index contributed by atoms with van der Waals surface area (Å²) in [5.41, 5.74) is 29.4. The van der Waals surface area contributed by atoms with E-state index in [2.05, 4.69) is 0 Å². The van der Waals surface area contributed by atoms with Gasteiger partial charge < -0.3 is 153 Å². The van der Waals surface area contributed by atoms with Crippen molar-refractivity contribution < 1.29 is 187 Å². The Morgan fingerprint density at radius 1 is 0.209 bits per heavy atom. The molecule has 0 amide bonds. The van der Waals surface area contributed by atoms with E-state index in [0.717, 1.165) is 83.1 Å². The Morgan fingerprint density at radius 3 is 0.224 bits per heavy atom. The minimum atomic E-state index is -1.08. The third kappa shape index (κ3) is 115000. The Hall–Kier alpha value is -1.52. The number of carboxylic acids is 12. The molecule has 0 aliphatic heterocycles. The molecule has 37 heteroatoms. The van der Waals surface area contributed by atoms with E-state index in [-0.39, 0.29) is 157 Å². The summed E-state index contributed by atoms with van der Waals surface area (Å²) < 4.78 is 0. The topological polar surface area (TPSA) is 638 Å². The van der Waals surface area contributed by atoms with Crippen molar-refractivity contribution in [3.8, 4) is 0 Å². The maximum atomic E-state index is 8.89. The molecule has 30 nitrogen and oxygen atoms in total. The van der Waals surface area contributed by atoms with E-state index in [1.807, 2.05) is 0 Å². The zero-order valence-corrected chi connectivity index (χ0v) is 41.3. The normalized spacial score (nSPS) is 5.82. The van der Waals surface area contributed by atoms with Gasteiger partial charge in [0.05, 0.1) is 0 Å². The van der Waals surface area contributed by atoms with Gasteiger partial charge in [0.2, 0.25) is 0 Å². The molecule has 0 atom stereocenters. The van der Waals surface area contributed by atoms with Crippen LogP contribution in [-0.2, 0) is 126 Å². The van der Waals surface area contributed by atoms with Crippen molar-refractivity contribution in [2.75, 3.05) is 39.3 Å². The van der Waals surface area contributed by atoms with E-state index in [1.165, 1.54) is 0 Å². The van der Waals surface area contributed by atoms with Gasteiger partial charge in [0, 0.05) is 111 Å². The number of aliphatic carboxylic acids is 12. The van der Waals surface area contributed by atoms with Crippen molar-refractivity contribution in [3.05, 3.63) is 0 Å². The molecule has 0 aromatic carbocycles. The zero-order chi connectivity index (χ0) is 53.2. The molecule has 4 radical (unpaired) electrons. The molecular formula is C30H63Fe4N6Na3O24. The summed E-state index contributed by atoms with van der Waals surface area (Å²) >= 11 is 0. The summed E-state index contributed by atoms with van der Waals surface area (Å²) in [5, 5.41) is 107. The van der Waals surface area contributed by atoms with Crippen LogP contribution in [0, 0.1) is 0 Å². The van der Waals surface area contributed by atoms with Crippen LogP contribution in [0.15, 0.2) is 0 Å². The summed E-state index contributed by atoms with van der Waals surface area (Å²) in [6.07, 6.45) is 0. The van der Waals surface area contributed by atoms with E-state index >= 15 is 0 Å². The fourth-order valence-corrected chi connectivity index (χ4v) is 0. The third-order valence-corrected chi connectivity index (χ3v) is 0.500. The fourth-order valence-electron chi connectivity index (χ4n) is 0. The van der Waals surface area contributed by atoms with E-state index in [1.54, 1.807) is 0 Å². The molecule has 0 spiro atoms. The molecule has 0 aliphatic rings. The predicted octanol–water partition coefficient (Wildman–Crippen LogP) is -20.2. The Kier molecular flexibility index (Phi) is 341.